The summed E-state index contributed by atoms with van der Waals surface area (Å²) < 4.78 is 5.24. The summed E-state index contributed by atoms with van der Waals surface area (Å²) >= 11 is 0. The van der Waals surface area contributed by atoms with E-state index in [2.05, 4.69) is 4.99 Å². The van der Waals surface area contributed by atoms with Crippen molar-refractivity contribution in [1.82, 2.24) is 0 Å². The lowest BCUT2D eigenvalue weighted by atomic mass is 9.70. The van der Waals surface area contributed by atoms with E-state index in [1.165, 1.54) is 0 Å². The second-order valence-electron chi connectivity index (χ2n) is 4.00. The molecule has 4 heteroatoms. The molecule has 0 aromatic heterocycles. The quantitative estimate of drug-likeness (QED) is 0.617. The van der Waals surface area contributed by atoms with E-state index < -0.39 is 11.6 Å². The Hall–Kier alpha value is -1.64. The van der Waals surface area contributed by atoms with Crippen molar-refractivity contribution in [1.29, 1.82) is 0 Å². The van der Waals surface area contributed by atoms with Crippen LogP contribution in [-0.4, -0.2) is 24.4 Å². The van der Waals surface area contributed by atoms with Crippen molar-refractivity contribution in [2.75, 3.05) is 7.11 Å². The van der Waals surface area contributed by atoms with Crippen LogP contribution in [0.5, 0.6) is 5.75 Å². The third kappa shape index (κ3) is 1.62. The summed E-state index contributed by atoms with van der Waals surface area (Å²) in [5.41, 5.74) is 0.194. The molecule has 1 aliphatic carbocycles. The third-order valence-electron chi connectivity index (χ3n) is 3.01. The SMILES string of the molecule is COc1ccccc1C1(N=C=O)CC(O)C1. The van der Waals surface area contributed by atoms with Crippen molar-refractivity contribution in [3.05, 3.63) is 29.8 Å². The number of ether oxygens (including phenoxy) is 1. The van der Waals surface area contributed by atoms with Crippen molar-refractivity contribution in [3.63, 3.8) is 0 Å². The van der Waals surface area contributed by atoms with Gasteiger partial charge in [-0.3, -0.25) is 0 Å². The maximum absolute atomic E-state index is 10.5. The third-order valence-corrected chi connectivity index (χ3v) is 3.01. The van der Waals surface area contributed by atoms with Crippen LogP contribution in [0.4, 0.5) is 0 Å². The van der Waals surface area contributed by atoms with Gasteiger partial charge >= 0.3 is 0 Å². The fraction of sp³-hybridized carbons (Fsp3) is 0.417. The van der Waals surface area contributed by atoms with E-state index in [0.717, 1.165) is 5.56 Å². The fourth-order valence-corrected chi connectivity index (χ4v) is 2.21. The topological polar surface area (TPSA) is 58.9 Å². The van der Waals surface area contributed by atoms with Crippen LogP contribution >= 0.6 is 0 Å². The molecule has 0 aliphatic heterocycles. The minimum absolute atomic E-state index is 0.401. The first-order valence-corrected chi connectivity index (χ1v) is 5.12. The fourth-order valence-electron chi connectivity index (χ4n) is 2.21. The first kappa shape index (κ1) is 10.9. The van der Waals surface area contributed by atoms with Gasteiger partial charge in [-0.1, -0.05) is 18.2 Å². The number of hydrogen-bond acceptors (Lipinski definition) is 4. The average molecular weight is 219 g/mol. The standard InChI is InChI=1S/C12H13NO3/c1-16-11-5-3-2-4-10(11)12(13-8-14)6-9(15)7-12/h2-5,9,15H,6-7H2,1H3. The highest BCUT2D eigenvalue weighted by atomic mass is 16.5. The van der Waals surface area contributed by atoms with Crippen molar-refractivity contribution in [2.45, 2.75) is 24.5 Å². The zero-order valence-electron chi connectivity index (χ0n) is 9.01. The molecule has 4 nitrogen and oxygen atoms in total. The van der Waals surface area contributed by atoms with Crippen LogP contribution in [0.25, 0.3) is 0 Å². The van der Waals surface area contributed by atoms with Gasteiger partial charge in [-0.15, -0.1) is 0 Å². The van der Waals surface area contributed by atoms with Crippen molar-refractivity contribution in [3.8, 4) is 5.75 Å². The summed E-state index contributed by atoms with van der Waals surface area (Å²) in [5, 5.41) is 9.40. The highest BCUT2D eigenvalue weighted by Crippen LogP contribution is 2.47. The highest BCUT2D eigenvalue weighted by Gasteiger charge is 2.46. The first-order chi connectivity index (χ1) is 7.72. The van der Waals surface area contributed by atoms with E-state index in [-0.39, 0.29) is 0 Å². The van der Waals surface area contributed by atoms with E-state index in [0.29, 0.717) is 18.6 Å². The summed E-state index contributed by atoms with van der Waals surface area (Å²) in [6.45, 7) is 0. The number of para-hydroxylation sites is 1. The van der Waals surface area contributed by atoms with E-state index >= 15 is 0 Å². The van der Waals surface area contributed by atoms with Crippen molar-refractivity contribution in [2.24, 2.45) is 4.99 Å². The van der Waals surface area contributed by atoms with Gasteiger partial charge in [-0.25, -0.2) is 4.79 Å². The molecule has 84 valence electrons. The van der Waals surface area contributed by atoms with E-state index in [9.17, 15) is 9.90 Å². The molecule has 16 heavy (non-hydrogen) atoms. The van der Waals surface area contributed by atoms with Crippen LogP contribution in [0, 0.1) is 0 Å². The Morgan fingerprint density at radius 1 is 1.50 bits per heavy atom. The van der Waals surface area contributed by atoms with Gasteiger partial charge in [-0.05, 0) is 6.07 Å². The van der Waals surface area contributed by atoms with Crippen LogP contribution in [0.1, 0.15) is 18.4 Å². The molecule has 1 aromatic carbocycles. The molecule has 0 unspecified atom stereocenters. The molecule has 0 amide bonds. The Kier molecular flexibility index (Phi) is 2.77. The number of benzene rings is 1. The van der Waals surface area contributed by atoms with E-state index in [1.807, 2.05) is 24.3 Å². The number of carbonyl (C=O) groups excluding carboxylic acids is 1. The van der Waals surface area contributed by atoms with E-state index in [4.69, 9.17) is 4.74 Å². The molecular formula is C12H13NO3. The van der Waals surface area contributed by atoms with Crippen LogP contribution in [0.2, 0.25) is 0 Å². The molecule has 0 radical (unpaired) electrons. The van der Waals surface area contributed by atoms with Crippen molar-refractivity contribution >= 4 is 6.08 Å². The van der Waals surface area contributed by atoms with Gasteiger partial charge in [0.1, 0.15) is 11.3 Å². The molecule has 0 spiro atoms. The van der Waals surface area contributed by atoms with Crippen LogP contribution in [0.3, 0.4) is 0 Å². The second-order valence-corrected chi connectivity index (χ2v) is 4.00. The molecule has 0 atom stereocenters. The molecule has 2 rings (SSSR count). The van der Waals surface area contributed by atoms with Crippen molar-refractivity contribution < 1.29 is 14.6 Å². The molecule has 1 aromatic rings. The maximum atomic E-state index is 10.5. The predicted octanol–water partition coefficient (Wildman–Crippen LogP) is 1.38. The number of aliphatic imine (C=N–C) groups is 1. The molecule has 1 N–H and O–H groups in total. The zero-order valence-corrected chi connectivity index (χ0v) is 9.01. The lowest BCUT2D eigenvalue weighted by Crippen LogP contribution is -2.43. The summed E-state index contributed by atoms with van der Waals surface area (Å²) in [5.74, 6) is 0.688. The summed E-state index contributed by atoms with van der Waals surface area (Å²) in [7, 11) is 1.58. The van der Waals surface area contributed by atoms with E-state index in [1.54, 1.807) is 13.2 Å². The lowest BCUT2D eigenvalue weighted by Gasteiger charge is -2.41. The number of hydrogen-bond donors (Lipinski definition) is 1. The lowest BCUT2D eigenvalue weighted by molar-refractivity contribution is 0.0213. The highest BCUT2D eigenvalue weighted by molar-refractivity contribution is 5.45. The Labute approximate surface area is 93.6 Å². The molecule has 0 heterocycles. The molecular weight excluding hydrogens is 206 g/mol. The van der Waals surface area contributed by atoms with Gasteiger partial charge in [0.15, 0.2) is 0 Å². The largest absolute Gasteiger partial charge is 0.496 e. The van der Waals surface area contributed by atoms with Gasteiger partial charge in [-0.2, -0.15) is 4.99 Å². The molecule has 0 saturated heterocycles. The van der Waals surface area contributed by atoms with Gasteiger partial charge in [0.25, 0.3) is 0 Å². The first-order valence-electron chi connectivity index (χ1n) is 5.12. The smallest absolute Gasteiger partial charge is 0.235 e. The van der Waals surface area contributed by atoms with Crippen LogP contribution in [0.15, 0.2) is 29.3 Å². The minimum atomic E-state index is -0.645. The summed E-state index contributed by atoms with van der Waals surface area (Å²) in [4.78, 5) is 14.3. The average Bonchev–Trinajstić information content (AvgIpc) is 2.27. The van der Waals surface area contributed by atoms with Gasteiger partial charge < -0.3 is 9.84 Å². The monoisotopic (exact) mass is 219 g/mol. The van der Waals surface area contributed by atoms with Crippen LogP contribution < -0.4 is 4.74 Å². The number of aliphatic hydroxyl groups is 1. The number of methoxy groups -OCH3 is 1. The predicted molar refractivity (Wildman–Crippen MR) is 58.0 cm³/mol. The zero-order chi connectivity index (χ0) is 11.6. The number of aliphatic hydroxyl groups excluding tert-OH is 1. The number of nitrogens with zero attached hydrogens (tertiary/aromatic N) is 1. The second kappa shape index (κ2) is 4.08. The molecule has 1 aliphatic rings. The Balaban J connectivity index is 2.44. The number of isocyanates is 1. The Bertz CT molecular complexity index is 432. The summed E-state index contributed by atoms with van der Waals surface area (Å²) in [6, 6.07) is 7.41. The van der Waals surface area contributed by atoms with Gasteiger partial charge in [0, 0.05) is 18.4 Å². The molecule has 1 saturated carbocycles. The van der Waals surface area contributed by atoms with Crippen LogP contribution in [-0.2, 0) is 10.3 Å². The van der Waals surface area contributed by atoms with Gasteiger partial charge in [0.2, 0.25) is 6.08 Å². The van der Waals surface area contributed by atoms with Gasteiger partial charge in [0.05, 0.1) is 13.2 Å². The molecule has 0 bridgehead atoms. The number of rotatable bonds is 3. The minimum Gasteiger partial charge on any atom is -0.496 e. The Morgan fingerprint density at radius 3 is 2.75 bits per heavy atom. The maximum Gasteiger partial charge on any atom is 0.235 e. The molecule has 1 fully saturated rings. The Morgan fingerprint density at radius 2 is 2.19 bits per heavy atom. The normalized spacial score (nSPS) is 27.8. The summed E-state index contributed by atoms with van der Waals surface area (Å²) in [6.07, 6.45) is 2.08.